The van der Waals surface area contributed by atoms with Crippen molar-refractivity contribution in [2.24, 2.45) is 0 Å². The summed E-state index contributed by atoms with van der Waals surface area (Å²) in [4.78, 5) is 23.3. The van der Waals surface area contributed by atoms with E-state index in [1.807, 2.05) is 28.1 Å². The van der Waals surface area contributed by atoms with Gasteiger partial charge in [-0.15, -0.1) is 0 Å². The van der Waals surface area contributed by atoms with Gasteiger partial charge in [-0.05, 0) is 58.3 Å². The van der Waals surface area contributed by atoms with Crippen molar-refractivity contribution in [3.05, 3.63) is 36.5 Å². The number of carbonyl (C=O) groups excluding carboxylic acids is 1. The van der Waals surface area contributed by atoms with Crippen LogP contribution in [0.15, 0.2) is 36.5 Å². The zero-order valence-corrected chi connectivity index (χ0v) is 52.7. The fraction of sp³-hybridized carbons (Fsp3) is 0.896. The Labute approximate surface area is 479 Å². The Morgan fingerprint density at radius 1 is 0.468 bits per heavy atom. The number of aliphatic hydroxyl groups is 2. The van der Waals surface area contributed by atoms with Gasteiger partial charge in [0.05, 0.1) is 39.9 Å². The number of hydrogen-bond acceptors (Lipinski definition) is 6. The van der Waals surface area contributed by atoms with Gasteiger partial charge in [0.2, 0.25) is 5.91 Å². The van der Waals surface area contributed by atoms with Gasteiger partial charge in [0.15, 0.2) is 0 Å². The molecule has 0 aliphatic heterocycles. The number of nitrogens with one attached hydrogen (secondary N) is 1. The summed E-state index contributed by atoms with van der Waals surface area (Å²) in [5.74, 6) is -0.269. The molecular formula is C67H132N2O7P+. The Morgan fingerprint density at radius 3 is 1.10 bits per heavy atom. The predicted molar refractivity (Wildman–Crippen MR) is 334 cm³/mol. The van der Waals surface area contributed by atoms with Crippen molar-refractivity contribution in [2.45, 2.75) is 347 Å². The lowest BCUT2D eigenvalue weighted by atomic mass is 10.0. The monoisotopic (exact) mass is 1110 g/mol. The second kappa shape index (κ2) is 57.9. The molecule has 77 heavy (non-hydrogen) atoms. The summed E-state index contributed by atoms with van der Waals surface area (Å²) >= 11 is 0. The van der Waals surface area contributed by atoms with Crippen LogP contribution in [0.25, 0.3) is 0 Å². The molecule has 0 heterocycles. The Hall–Kier alpha value is -1.32. The maximum absolute atomic E-state index is 13.0. The molecule has 0 saturated heterocycles. The van der Waals surface area contributed by atoms with Crippen LogP contribution in [-0.2, 0) is 18.4 Å². The van der Waals surface area contributed by atoms with Crippen molar-refractivity contribution in [3.63, 3.8) is 0 Å². The standard InChI is InChI=1S/C67H131N2O7P/c1-6-8-10-12-14-16-18-20-21-22-23-24-25-26-27-28-29-30-31-32-33-34-35-36-37-38-39-40-41-42-43-44-45-46-47-48-50-52-54-56-58-60-66(71)68-64(63-76-77(73,74)75-62-61-69(3,4)5)67(72)65(70)59-57-55-53-51-49-19-17-15-13-11-9-7-2/h7,9,15,17,51,53,64-65,67,70,72H,6,8,10-14,16,18-50,52,54-63H2,1-5H3,(H-,68,71,73,74)/p+1/b9-7+,17-15+,53-51+. The highest BCUT2D eigenvalue weighted by molar-refractivity contribution is 7.47. The zero-order chi connectivity index (χ0) is 56.4. The molecule has 0 aromatic carbocycles. The van der Waals surface area contributed by atoms with Crippen LogP contribution < -0.4 is 5.32 Å². The molecule has 0 rings (SSSR count). The number of unbranched alkanes of at least 4 members (excludes halogenated alkanes) is 43. The molecule has 0 bridgehead atoms. The number of aliphatic hydroxyl groups excluding tert-OH is 2. The first kappa shape index (κ1) is 75.7. The third-order valence-corrected chi connectivity index (χ3v) is 16.5. The number of hydrogen-bond donors (Lipinski definition) is 4. The van der Waals surface area contributed by atoms with Gasteiger partial charge in [0.25, 0.3) is 0 Å². The van der Waals surface area contributed by atoms with Crippen molar-refractivity contribution >= 4 is 13.7 Å². The molecule has 0 fully saturated rings. The second-order valence-electron chi connectivity index (χ2n) is 24.3. The van der Waals surface area contributed by atoms with E-state index in [-0.39, 0.29) is 18.9 Å². The molecule has 1 amide bonds. The van der Waals surface area contributed by atoms with Crippen molar-refractivity contribution in [1.29, 1.82) is 0 Å². The normalized spacial score (nSPS) is 14.3. The van der Waals surface area contributed by atoms with Gasteiger partial charge in [0, 0.05) is 6.42 Å². The fourth-order valence-electron chi connectivity index (χ4n) is 10.3. The van der Waals surface area contributed by atoms with Crippen molar-refractivity contribution in [3.8, 4) is 0 Å². The number of carbonyl (C=O) groups is 1. The van der Waals surface area contributed by atoms with Crippen LogP contribution in [0.1, 0.15) is 328 Å². The van der Waals surface area contributed by atoms with E-state index < -0.39 is 32.7 Å². The minimum atomic E-state index is -4.43. The maximum atomic E-state index is 13.0. The quantitative estimate of drug-likeness (QED) is 0.0207. The number of quaternary nitrogens is 1. The number of nitrogens with zero attached hydrogens (tertiary/aromatic N) is 1. The van der Waals surface area contributed by atoms with E-state index in [1.54, 1.807) is 0 Å². The Kier molecular flexibility index (Phi) is 56.9. The summed E-state index contributed by atoms with van der Waals surface area (Å²) in [5, 5.41) is 24.8. The fourth-order valence-corrected chi connectivity index (χ4v) is 11.0. The zero-order valence-electron chi connectivity index (χ0n) is 51.8. The highest BCUT2D eigenvalue weighted by Gasteiger charge is 2.32. The predicted octanol–water partition coefficient (Wildman–Crippen LogP) is 19.9. The molecule has 9 nitrogen and oxygen atoms in total. The summed E-state index contributed by atoms with van der Waals surface area (Å²) in [6.07, 6.45) is 73.3. The van der Waals surface area contributed by atoms with Gasteiger partial charge in [-0.2, -0.15) is 0 Å². The SMILES string of the molecule is C/C=C/CC/C=C/CC/C=C/CCCC(O)C(O)C(COP(=O)(O)OCC[N+](C)(C)C)NC(=O)CCCCCCCCCCCCCCCCCCCCCCCCCCCCCCCCCCCCCCCCCCC. The van der Waals surface area contributed by atoms with E-state index in [1.165, 1.54) is 244 Å². The maximum Gasteiger partial charge on any atom is 0.472 e. The van der Waals surface area contributed by atoms with E-state index in [2.05, 4.69) is 48.7 Å². The van der Waals surface area contributed by atoms with E-state index in [0.717, 1.165) is 51.4 Å². The van der Waals surface area contributed by atoms with Crippen LogP contribution in [0.5, 0.6) is 0 Å². The molecule has 456 valence electrons. The molecule has 4 N–H and O–H groups in total. The number of likely N-dealkylation sites (N-methyl/N-ethyl adjacent to an activating group) is 1. The van der Waals surface area contributed by atoms with Crippen LogP contribution in [0.2, 0.25) is 0 Å². The van der Waals surface area contributed by atoms with Gasteiger partial charge in [-0.3, -0.25) is 13.8 Å². The Bertz CT molecular complexity index is 1370. The lowest BCUT2D eigenvalue weighted by Gasteiger charge is -2.28. The summed E-state index contributed by atoms with van der Waals surface area (Å²) in [6, 6.07) is -1.06. The van der Waals surface area contributed by atoms with E-state index >= 15 is 0 Å². The van der Waals surface area contributed by atoms with E-state index in [9.17, 15) is 24.5 Å². The lowest BCUT2D eigenvalue weighted by molar-refractivity contribution is -0.870. The minimum Gasteiger partial charge on any atom is -0.390 e. The van der Waals surface area contributed by atoms with Crippen molar-refractivity contribution in [2.75, 3.05) is 40.9 Å². The first-order valence-corrected chi connectivity index (χ1v) is 34.9. The number of allylic oxidation sites excluding steroid dienone is 6. The number of phosphoric ester groups is 1. The van der Waals surface area contributed by atoms with Gasteiger partial charge in [0.1, 0.15) is 19.3 Å². The molecule has 4 atom stereocenters. The lowest BCUT2D eigenvalue weighted by Crippen LogP contribution is -2.51. The highest BCUT2D eigenvalue weighted by Crippen LogP contribution is 2.43. The van der Waals surface area contributed by atoms with E-state index in [0.29, 0.717) is 23.9 Å². The Morgan fingerprint density at radius 2 is 0.779 bits per heavy atom. The van der Waals surface area contributed by atoms with E-state index in [4.69, 9.17) is 9.05 Å². The van der Waals surface area contributed by atoms with Crippen LogP contribution >= 0.6 is 7.82 Å². The van der Waals surface area contributed by atoms with Crippen LogP contribution in [0, 0.1) is 0 Å². The molecule has 0 aromatic heterocycles. The first-order valence-electron chi connectivity index (χ1n) is 33.4. The first-order chi connectivity index (χ1) is 37.4. The number of rotatable bonds is 62. The number of amides is 1. The largest absolute Gasteiger partial charge is 0.472 e. The average molecular weight is 1110 g/mol. The molecule has 0 aromatic rings. The highest BCUT2D eigenvalue weighted by atomic mass is 31.2. The van der Waals surface area contributed by atoms with Crippen LogP contribution in [0.3, 0.4) is 0 Å². The van der Waals surface area contributed by atoms with Crippen LogP contribution in [-0.4, -0.2) is 84.6 Å². The summed E-state index contributed by atoms with van der Waals surface area (Å²) < 4.78 is 23.6. The van der Waals surface area contributed by atoms with Gasteiger partial charge in [-0.25, -0.2) is 4.57 Å². The third-order valence-electron chi connectivity index (χ3n) is 15.5. The van der Waals surface area contributed by atoms with Crippen molar-refractivity contribution < 1.29 is 38.0 Å². The Balaban J connectivity index is 3.86. The smallest absolute Gasteiger partial charge is 0.390 e. The minimum absolute atomic E-state index is 0.0135. The molecule has 10 heteroatoms. The summed E-state index contributed by atoms with van der Waals surface area (Å²) in [7, 11) is 1.41. The molecule has 0 saturated carbocycles. The second-order valence-corrected chi connectivity index (χ2v) is 25.8. The molecule has 0 aliphatic rings. The molecular weight excluding hydrogens is 976 g/mol. The average Bonchev–Trinajstić information content (AvgIpc) is 3.39. The molecule has 4 unspecified atom stereocenters. The molecule has 0 radical (unpaired) electrons. The van der Waals surface area contributed by atoms with Gasteiger partial charge in [-0.1, -0.05) is 300 Å². The number of phosphoric acid groups is 1. The van der Waals surface area contributed by atoms with Gasteiger partial charge >= 0.3 is 7.82 Å². The third kappa shape index (κ3) is 59.1. The van der Waals surface area contributed by atoms with Crippen LogP contribution in [0.4, 0.5) is 0 Å². The van der Waals surface area contributed by atoms with Gasteiger partial charge < -0.3 is 24.9 Å². The topological polar surface area (TPSA) is 125 Å². The summed E-state index contributed by atoms with van der Waals surface area (Å²) in [5.41, 5.74) is 0. The molecule has 0 spiro atoms. The van der Waals surface area contributed by atoms with Crippen molar-refractivity contribution in [1.82, 2.24) is 5.32 Å². The molecule has 0 aliphatic carbocycles. The summed E-state index contributed by atoms with van der Waals surface area (Å²) in [6.45, 7) is 4.40.